The van der Waals surface area contributed by atoms with Crippen LogP contribution in [0.15, 0.2) is 29.1 Å². The van der Waals surface area contributed by atoms with Crippen molar-refractivity contribution in [3.8, 4) is 0 Å². The topological polar surface area (TPSA) is 51.2 Å². The first kappa shape index (κ1) is 11.0. The zero-order valence-corrected chi connectivity index (χ0v) is 9.55. The number of aliphatic hydroxyl groups is 1. The average Bonchev–Trinajstić information content (AvgIpc) is 2.87. The van der Waals surface area contributed by atoms with Crippen LogP contribution < -0.4 is 0 Å². The van der Waals surface area contributed by atoms with E-state index in [4.69, 9.17) is 4.42 Å². The van der Waals surface area contributed by atoms with Gasteiger partial charge >= 0.3 is 0 Å². The molecule has 0 aromatic carbocycles. The van der Waals surface area contributed by atoms with E-state index in [1.165, 1.54) is 0 Å². The Kier molecular flexibility index (Phi) is 3.10. The van der Waals surface area contributed by atoms with Gasteiger partial charge in [0.15, 0.2) is 6.10 Å². The van der Waals surface area contributed by atoms with Crippen LogP contribution in [0.5, 0.6) is 0 Å². The van der Waals surface area contributed by atoms with Crippen LogP contribution in [0.25, 0.3) is 0 Å². The van der Waals surface area contributed by atoms with E-state index in [2.05, 4.69) is 11.9 Å². The fraction of sp³-hybridized carbons (Fsp3) is 0.417. The molecule has 16 heavy (non-hydrogen) atoms. The van der Waals surface area contributed by atoms with Crippen molar-refractivity contribution >= 4 is 0 Å². The Morgan fingerprint density at radius 3 is 3.00 bits per heavy atom. The fourth-order valence-corrected chi connectivity index (χ4v) is 1.78. The average molecular weight is 220 g/mol. The Hall–Kier alpha value is -1.55. The molecule has 86 valence electrons. The molecule has 0 spiro atoms. The van der Waals surface area contributed by atoms with Gasteiger partial charge in [0.05, 0.1) is 6.26 Å². The van der Waals surface area contributed by atoms with Crippen molar-refractivity contribution in [3.63, 3.8) is 0 Å². The van der Waals surface area contributed by atoms with E-state index in [-0.39, 0.29) is 0 Å². The van der Waals surface area contributed by atoms with Gasteiger partial charge in [0.2, 0.25) is 0 Å². The number of imidazole rings is 1. The molecule has 0 aliphatic rings. The van der Waals surface area contributed by atoms with Gasteiger partial charge in [-0.2, -0.15) is 0 Å². The first-order valence-corrected chi connectivity index (χ1v) is 5.47. The van der Waals surface area contributed by atoms with Crippen LogP contribution in [0.1, 0.15) is 36.6 Å². The molecule has 0 aliphatic carbocycles. The van der Waals surface area contributed by atoms with Crippen molar-refractivity contribution in [2.75, 3.05) is 0 Å². The highest BCUT2D eigenvalue weighted by Gasteiger charge is 2.20. The Labute approximate surface area is 94.5 Å². The van der Waals surface area contributed by atoms with E-state index in [1.807, 2.05) is 23.8 Å². The number of rotatable bonds is 4. The molecule has 1 atom stereocenters. The lowest BCUT2D eigenvalue weighted by atomic mass is 10.2. The molecular formula is C12H16N2O2. The van der Waals surface area contributed by atoms with Crippen LogP contribution >= 0.6 is 0 Å². The summed E-state index contributed by atoms with van der Waals surface area (Å²) in [6.45, 7) is 4.86. The van der Waals surface area contributed by atoms with Crippen molar-refractivity contribution in [1.29, 1.82) is 0 Å². The van der Waals surface area contributed by atoms with Gasteiger partial charge in [0, 0.05) is 18.9 Å². The second-order valence-electron chi connectivity index (χ2n) is 3.85. The second-order valence-corrected chi connectivity index (χ2v) is 3.85. The summed E-state index contributed by atoms with van der Waals surface area (Å²) in [5.41, 5.74) is 0.943. The Morgan fingerprint density at radius 1 is 1.56 bits per heavy atom. The van der Waals surface area contributed by atoms with Crippen molar-refractivity contribution in [1.82, 2.24) is 9.55 Å². The summed E-state index contributed by atoms with van der Waals surface area (Å²) in [5, 5.41) is 10.2. The maximum absolute atomic E-state index is 10.2. The highest BCUT2D eigenvalue weighted by Crippen LogP contribution is 2.24. The number of hydrogen-bond donors (Lipinski definition) is 1. The highest BCUT2D eigenvalue weighted by atomic mass is 16.4. The maximum atomic E-state index is 10.2. The zero-order chi connectivity index (χ0) is 11.5. The van der Waals surface area contributed by atoms with Gasteiger partial charge < -0.3 is 14.1 Å². The van der Waals surface area contributed by atoms with Crippen LogP contribution in [0, 0.1) is 6.92 Å². The second kappa shape index (κ2) is 4.53. The van der Waals surface area contributed by atoms with Crippen LogP contribution in [-0.4, -0.2) is 14.7 Å². The molecule has 0 bridgehead atoms. The number of furan rings is 1. The molecule has 0 amide bonds. The van der Waals surface area contributed by atoms with E-state index in [0.717, 1.165) is 18.5 Å². The normalized spacial score (nSPS) is 12.9. The minimum Gasteiger partial charge on any atom is -0.466 e. The van der Waals surface area contributed by atoms with E-state index >= 15 is 0 Å². The number of hydrogen-bond acceptors (Lipinski definition) is 3. The number of nitrogens with zero attached hydrogens (tertiary/aromatic N) is 2. The third-order valence-corrected chi connectivity index (χ3v) is 2.61. The standard InChI is InChI=1S/C12H16N2O2/c1-3-6-14-7-5-13-12(14)10(15)11-9(2)4-8-16-11/h4-5,7-8,10,15H,3,6H2,1-2H3. The van der Waals surface area contributed by atoms with E-state index in [9.17, 15) is 5.11 Å². The maximum Gasteiger partial charge on any atom is 0.169 e. The fourth-order valence-electron chi connectivity index (χ4n) is 1.78. The van der Waals surface area contributed by atoms with Crippen molar-refractivity contribution in [2.24, 2.45) is 0 Å². The lowest BCUT2D eigenvalue weighted by molar-refractivity contribution is 0.174. The monoisotopic (exact) mass is 220 g/mol. The summed E-state index contributed by atoms with van der Waals surface area (Å²) in [6.07, 6.45) is 5.39. The highest BCUT2D eigenvalue weighted by molar-refractivity contribution is 5.22. The molecule has 0 aliphatic heterocycles. The van der Waals surface area contributed by atoms with Gasteiger partial charge in [0.1, 0.15) is 11.6 Å². The first-order chi connectivity index (χ1) is 7.74. The Morgan fingerprint density at radius 2 is 2.38 bits per heavy atom. The van der Waals surface area contributed by atoms with Gasteiger partial charge in [0.25, 0.3) is 0 Å². The predicted molar refractivity (Wildman–Crippen MR) is 60.0 cm³/mol. The van der Waals surface area contributed by atoms with Crippen molar-refractivity contribution in [3.05, 3.63) is 41.9 Å². The summed E-state index contributed by atoms with van der Waals surface area (Å²) in [4.78, 5) is 4.18. The molecular weight excluding hydrogens is 204 g/mol. The zero-order valence-electron chi connectivity index (χ0n) is 9.55. The summed E-state index contributed by atoms with van der Waals surface area (Å²) in [6, 6.07) is 1.84. The molecule has 1 N–H and O–H groups in total. The number of aromatic nitrogens is 2. The van der Waals surface area contributed by atoms with Gasteiger partial charge in [-0.15, -0.1) is 0 Å². The first-order valence-electron chi connectivity index (χ1n) is 5.47. The minimum absolute atomic E-state index is 0.573. The Bertz CT molecular complexity index is 459. The molecule has 0 fully saturated rings. The molecule has 2 rings (SSSR count). The molecule has 2 aromatic rings. The summed E-state index contributed by atoms with van der Waals surface area (Å²) >= 11 is 0. The molecule has 2 aromatic heterocycles. The lowest BCUT2D eigenvalue weighted by Gasteiger charge is -2.11. The molecule has 0 saturated heterocycles. The molecule has 1 unspecified atom stereocenters. The van der Waals surface area contributed by atoms with E-state index in [1.54, 1.807) is 12.5 Å². The largest absolute Gasteiger partial charge is 0.466 e. The summed E-state index contributed by atoms with van der Waals surface area (Å²) < 4.78 is 7.23. The van der Waals surface area contributed by atoms with Crippen molar-refractivity contribution in [2.45, 2.75) is 32.9 Å². The lowest BCUT2D eigenvalue weighted by Crippen LogP contribution is -2.09. The van der Waals surface area contributed by atoms with Gasteiger partial charge in [-0.05, 0) is 25.0 Å². The molecule has 4 heteroatoms. The van der Waals surface area contributed by atoms with Crippen molar-refractivity contribution < 1.29 is 9.52 Å². The van der Waals surface area contributed by atoms with Gasteiger partial charge in [-0.25, -0.2) is 4.98 Å². The quantitative estimate of drug-likeness (QED) is 0.860. The molecule has 2 heterocycles. The third kappa shape index (κ3) is 1.88. The van der Waals surface area contributed by atoms with Crippen LogP contribution in [-0.2, 0) is 6.54 Å². The van der Waals surface area contributed by atoms with E-state index < -0.39 is 6.10 Å². The van der Waals surface area contributed by atoms with Gasteiger partial charge in [-0.1, -0.05) is 6.92 Å². The summed E-state index contributed by atoms with van der Waals surface area (Å²) in [7, 11) is 0. The van der Waals surface area contributed by atoms with Gasteiger partial charge in [-0.3, -0.25) is 0 Å². The smallest absolute Gasteiger partial charge is 0.169 e. The Balaban J connectivity index is 2.30. The van der Waals surface area contributed by atoms with Crippen LogP contribution in [0.4, 0.5) is 0 Å². The molecule has 4 nitrogen and oxygen atoms in total. The SMILES string of the molecule is CCCn1ccnc1C(O)c1occc1C. The molecule has 0 saturated carbocycles. The van der Waals surface area contributed by atoms with Crippen LogP contribution in [0.3, 0.4) is 0 Å². The van der Waals surface area contributed by atoms with E-state index in [0.29, 0.717) is 11.6 Å². The minimum atomic E-state index is -0.781. The third-order valence-electron chi connectivity index (χ3n) is 2.61. The molecule has 0 radical (unpaired) electrons. The predicted octanol–water partition coefficient (Wildman–Crippen LogP) is 2.28. The summed E-state index contributed by atoms with van der Waals surface area (Å²) in [5.74, 6) is 1.21. The van der Waals surface area contributed by atoms with Crippen LogP contribution in [0.2, 0.25) is 0 Å². The number of aliphatic hydroxyl groups excluding tert-OH is 1. The number of aryl methyl sites for hydroxylation is 2.